The van der Waals surface area contributed by atoms with Crippen LogP contribution in [-0.2, 0) is 4.79 Å². The molecule has 0 aliphatic rings. The molecule has 0 rings (SSSR count). The number of nitrogens with two attached hydrogens (primary N) is 2. The fourth-order valence-corrected chi connectivity index (χ4v) is 0.900. The summed E-state index contributed by atoms with van der Waals surface area (Å²) in [4.78, 5) is 10.6. The zero-order valence-electron chi connectivity index (χ0n) is 8.36. The highest BCUT2D eigenvalue weighted by Crippen LogP contribution is 1.94. The van der Waals surface area contributed by atoms with Crippen LogP contribution in [0.1, 0.15) is 26.2 Å². The van der Waals surface area contributed by atoms with Crippen LogP contribution in [0.2, 0.25) is 0 Å². The van der Waals surface area contributed by atoms with Crippen LogP contribution in [-0.4, -0.2) is 29.5 Å². The smallest absolute Gasteiger partial charge is 0.234 e. The van der Waals surface area contributed by atoms with Crippen molar-refractivity contribution in [2.75, 3.05) is 6.54 Å². The molecule has 1 amide bonds. The number of carbonyl (C=O) groups excluding carboxylic acids is 1. The Morgan fingerprint density at radius 1 is 1.50 bits per heavy atom. The molecule has 0 aliphatic carbocycles. The molecule has 0 bridgehead atoms. The molecule has 1 unspecified atom stereocenters. The van der Waals surface area contributed by atoms with Crippen LogP contribution >= 0.6 is 0 Å². The summed E-state index contributed by atoms with van der Waals surface area (Å²) in [5.41, 5.74) is 10.3. The van der Waals surface area contributed by atoms with Crippen LogP contribution in [0, 0.1) is 0 Å². The largest absolute Gasteiger partial charge is 0.409 e. The van der Waals surface area contributed by atoms with E-state index in [0.29, 0.717) is 13.0 Å². The first-order valence-corrected chi connectivity index (χ1v) is 4.57. The van der Waals surface area contributed by atoms with Crippen LogP contribution in [0.15, 0.2) is 5.16 Å². The predicted molar refractivity (Wildman–Crippen MR) is 53.9 cm³/mol. The Labute approximate surface area is 83.3 Å². The fraction of sp³-hybridized carbons (Fsp3) is 0.750. The number of oxime groups is 1. The van der Waals surface area contributed by atoms with Crippen molar-refractivity contribution in [3.63, 3.8) is 0 Å². The standard InChI is InChI=1S/C8H18N4O2/c1-6(8(10)13)11-5-3-2-4-7(9)12-14/h6,11,14H,2-5H2,1H3,(H2,9,12)(H2,10,13). The zero-order valence-corrected chi connectivity index (χ0v) is 8.36. The second-order valence-electron chi connectivity index (χ2n) is 3.13. The molecule has 0 aromatic heterocycles. The number of hydrogen-bond acceptors (Lipinski definition) is 4. The Morgan fingerprint density at radius 2 is 2.14 bits per heavy atom. The van der Waals surface area contributed by atoms with Gasteiger partial charge in [-0.1, -0.05) is 5.16 Å². The number of primary amides is 1. The molecule has 82 valence electrons. The van der Waals surface area contributed by atoms with Crippen LogP contribution in [0.25, 0.3) is 0 Å². The monoisotopic (exact) mass is 202 g/mol. The molecule has 6 nitrogen and oxygen atoms in total. The summed E-state index contributed by atoms with van der Waals surface area (Å²) >= 11 is 0. The van der Waals surface area contributed by atoms with Gasteiger partial charge in [-0.25, -0.2) is 0 Å². The molecule has 0 aromatic carbocycles. The normalized spacial score (nSPS) is 13.9. The van der Waals surface area contributed by atoms with E-state index < -0.39 is 0 Å². The molecule has 1 atom stereocenters. The lowest BCUT2D eigenvalue weighted by Crippen LogP contribution is -2.39. The zero-order chi connectivity index (χ0) is 11.0. The van der Waals surface area contributed by atoms with E-state index in [1.165, 1.54) is 0 Å². The van der Waals surface area contributed by atoms with Gasteiger partial charge in [0.05, 0.1) is 6.04 Å². The third-order valence-electron chi connectivity index (χ3n) is 1.87. The molecular formula is C8H18N4O2. The van der Waals surface area contributed by atoms with E-state index in [-0.39, 0.29) is 17.8 Å². The Balaban J connectivity index is 3.34. The van der Waals surface area contributed by atoms with Crippen LogP contribution < -0.4 is 16.8 Å². The Bertz CT molecular complexity index is 206. The summed E-state index contributed by atoms with van der Waals surface area (Å²) in [6.45, 7) is 2.41. The van der Waals surface area contributed by atoms with Gasteiger partial charge < -0.3 is 22.0 Å². The van der Waals surface area contributed by atoms with Gasteiger partial charge in [0.1, 0.15) is 5.84 Å². The van der Waals surface area contributed by atoms with E-state index in [2.05, 4.69) is 10.5 Å². The first kappa shape index (κ1) is 12.7. The average molecular weight is 202 g/mol. The second kappa shape index (κ2) is 7.14. The molecule has 0 aromatic rings. The summed E-state index contributed by atoms with van der Waals surface area (Å²) < 4.78 is 0. The van der Waals surface area contributed by atoms with E-state index in [4.69, 9.17) is 16.7 Å². The number of rotatable bonds is 7. The number of amides is 1. The summed E-state index contributed by atoms with van der Waals surface area (Å²) in [7, 11) is 0. The van der Waals surface area contributed by atoms with Crippen molar-refractivity contribution in [2.45, 2.75) is 32.2 Å². The molecule has 6 N–H and O–H groups in total. The van der Waals surface area contributed by atoms with Crippen molar-refractivity contribution in [1.82, 2.24) is 5.32 Å². The van der Waals surface area contributed by atoms with Crippen molar-refractivity contribution < 1.29 is 10.0 Å². The summed E-state index contributed by atoms with van der Waals surface area (Å²) in [5, 5.41) is 14.0. The molecule has 6 heteroatoms. The van der Waals surface area contributed by atoms with Gasteiger partial charge >= 0.3 is 0 Å². The highest BCUT2D eigenvalue weighted by molar-refractivity contribution is 5.79. The number of unbranched alkanes of at least 4 members (excludes halogenated alkanes) is 1. The number of hydrogen-bond donors (Lipinski definition) is 4. The van der Waals surface area contributed by atoms with Gasteiger partial charge in [-0.15, -0.1) is 0 Å². The van der Waals surface area contributed by atoms with Gasteiger partial charge in [-0.2, -0.15) is 0 Å². The molecule has 0 heterocycles. The van der Waals surface area contributed by atoms with Crippen LogP contribution in [0.3, 0.4) is 0 Å². The SMILES string of the molecule is CC(NCCCCC(N)=NO)C(N)=O. The number of nitrogens with zero attached hydrogens (tertiary/aromatic N) is 1. The summed E-state index contributed by atoms with van der Waals surface area (Å²) in [6, 6.07) is -0.307. The van der Waals surface area contributed by atoms with Crippen molar-refractivity contribution in [3.05, 3.63) is 0 Å². The van der Waals surface area contributed by atoms with E-state index in [0.717, 1.165) is 12.8 Å². The second-order valence-corrected chi connectivity index (χ2v) is 3.13. The lowest BCUT2D eigenvalue weighted by molar-refractivity contribution is -0.119. The maximum Gasteiger partial charge on any atom is 0.234 e. The van der Waals surface area contributed by atoms with Crippen LogP contribution in [0.4, 0.5) is 0 Å². The summed E-state index contributed by atoms with van der Waals surface area (Å²) in [5.74, 6) is -0.130. The van der Waals surface area contributed by atoms with E-state index in [9.17, 15) is 4.79 Å². The average Bonchev–Trinajstić information content (AvgIpc) is 2.16. The van der Waals surface area contributed by atoms with Gasteiger partial charge in [-0.3, -0.25) is 4.79 Å². The van der Waals surface area contributed by atoms with Gasteiger partial charge in [0.25, 0.3) is 0 Å². The molecule has 0 saturated carbocycles. The number of carbonyl (C=O) groups is 1. The maximum atomic E-state index is 10.6. The molecular weight excluding hydrogens is 184 g/mol. The third kappa shape index (κ3) is 6.24. The van der Waals surface area contributed by atoms with Gasteiger partial charge in [0.2, 0.25) is 5.91 Å². The Hall–Kier alpha value is -1.30. The fourth-order valence-electron chi connectivity index (χ4n) is 0.900. The van der Waals surface area contributed by atoms with E-state index in [1.807, 2.05) is 0 Å². The van der Waals surface area contributed by atoms with Crippen molar-refractivity contribution in [3.8, 4) is 0 Å². The van der Waals surface area contributed by atoms with Gasteiger partial charge in [-0.05, 0) is 26.3 Å². The Kier molecular flexibility index (Phi) is 6.47. The van der Waals surface area contributed by atoms with E-state index >= 15 is 0 Å². The minimum absolute atomic E-state index is 0.230. The maximum absolute atomic E-state index is 10.6. The molecule has 0 radical (unpaired) electrons. The highest BCUT2D eigenvalue weighted by Gasteiger charge is 2.05. The molecule has 0 fully saturated rings. The first-order chi connectivity index (χ1) is 6.57. The minimum Gasteiger partial charge on any atom is -0.409 e. The predicted octanol–water partition coefficient (Wildman–Crippen LogP) is -0.633. The van der Waals surface area contributed by atoms with Crippen LogP contribution in [0.5, 0.6) is 0 Å². The number of amidine groups is 1. The van der Waals surface area contributed by atoms with Gasteiger partial charge in [0.15, 0.2) is 0 Å². The molecule has 0 spiro atoms. The first-order valence-electron chi connectivity index (χ1n) is 4.57. The molecule has 0 aliphatic heterocycles. The van der Waals surface area contributed by atoms with Crippen molar-refractivity contribution in [2.24, 2.45) is 16.6 Å². The summed E-state index contributed by atoms with van der Waals surface area (Å²) in [6.07, 6.45) is 2.23. The quantitative estimate of drug-likeness (QED) is 0.145. The van der Waals surface area contributed by atoms with Crippen molar-refractivity contribution >= 4 is 11.7 Å². The minimum atomic E-state index is -0.360. The highest BCUT2D eigenvalue weighted by atomic mass is 16.4. The lowest BCUT2D eigenvalue weighted by Gasteiger charge is -2.08. The number of nitrogens with one attached hydrogen (secondary N) is 1. The third-order valence-corrected chi connectivity index (χ3v) is 1.87. The lowest BCUT2D eigenvalue weighted by atomic mass is 10.2. The Morgan fingerprint density at radius 3 is 2.64 bits per heavy atom. The molecule has 0 saturated heterocycles. The van der Waals surface area contributed by atoms with E-state index in [1.54, 1.807) is 6.92 Å². The van der Waals surface area contributed by atoms with Gasteiger partial charge in [0, 0.05) is 6.42 Å². The topological polar surface area (TPSA) is 114 Å². The molecule has 14 heavy (non-hydrogen) atoms. The van der Waals surface area contributed by atoms with Crippen molar-refractivity contribution in [1.29, 1.82) is 0 Å².